The normalized spacial score (nSPS) is 22.5. The Morgan fingerprint density at radius 2 is 2.25 bits per heavy atom. The number of likely N-dealkylation sites (tertiary alicyclic amines) is 1. The summed E-state index contributed by atoms with van der Waals surface area (Å²) in [4.78, 5) is 2.61. The highest BCUT2D eigenvalue weighted by Crippen LogP contribution is 2.18. The third kappa shape index (κ3) is 5.83. The van der Waals surface area contributed by atoms with Crippen LogP contribution in [0.2, 0.25) is 0 Å². The molecular formula is C13H28N2O. The Morgan fingerprint density at radius 3 is 3.00 bits per heavy atom. The predicted molar refractivity (Wildman–Crippen MR) is 68.8 cm³/mol. The van der Waals surface area contributed by atoms with Crippen molar-refractivity contribution in [3.8, 4) is 0 Å². The minimum atomic E-state index is 0.870. The van der Waals surface area contributed by atoms with Gasteiger partial charge in [0.1, 0.15) is 0 Å². The van der Waals surface area contributed by atoms with E-state index in [0.29, 0.717) is 0 Å². The van der Waals surface area contributed by atoms with E-state index in [0.717, 1.165) is 32.0 Å². The highest BCUT2D eigenvalue weighted by atomic mass is 16.5. The summed E-state index contributed by atoms with van der Waals surface area (Å²) in [7, 11) is 1.76. The van der Waals surface area contributed by atoms with Crippen LogP contribution in [0.4, 0.5) is 0 Å². The number of rotatable bonds is 8. The van der Waals surface area contributed by atoms with Crippen LogP contribution >= 0.6 is 0 Å². The van der Waals surface area contributed by atoms with E-state index >= 15 is 0 Å². The van der Waals surface area contributed by atoms with Crippen LogP contribution in [0.25, 0.3) is 0 Å². The standard InChI is InChI=1S/C13H28N2O/c1-3-13-6-4-9-15(12-13)10-8-14-7-5-11-16-2/h13-14H,3-12H2,1-2H3. The number of nitrogens with one attached hydrogen (secondary N) is 1. The van der Waals surface area contributed by atoms with Gasteiger partial charge in [0.15, 0.2) is 0 Å². The van der Waals surface area contributed by atoms with Gasteiger partial charge in [-0.25, -0.2) is 0 Å². The Bertz CT molecular complexity index is 164. The third-order valence-corrected chi connectivity index (χ3v) is 3.49. The summed E-state index contributed by atoms with van der Waals surface area (Å²) in [5.41, 5.74) is 0. The molecule has 0 spiro atoms. The van der Waals surface area contributed by atoms with Gasteiger partial charge in [-0.2, -0.15) is 0 Å². The fourth-order valence-electron chi connectivity index (χ4n) is 2.39. The molecule has 0 radical (unpaired) electrons. The summed E-state index contributed by atoms with van der Waals surface area (Å²) in [5, 5.41) is 3.48. The van der Waals surface area contributed by atoms with Crippen LogP contribution in [-0.4, -0.2) is 51.3 Å². The van der Waals surface area contributed by atoms with Crippen LogP contribution in [0.5, 0.6) is 0 Å². The molecule has 3 nitrogen and oxygen atoms in total. The van der Waals surface area contributed by atoms with Crippen LogP contribution in [0.15, 0.2) is 0 Å². The van der Waals surface area contributed by atoms with E-state index in [2.05, 4.69) is 17.1 Å². The molecule has 16 heavy (non-hydrogen) atoms. The van der Waals surface area contributed by atoms with Crippen molar-refractivity contribution < 1.29 is 4.74 Å². The quantitative estimate of drug-likeness (QED) is 0.640. The zero-order chi connectivity index (χ0) is 11.6. The molecule has 96 valence electrons. The molecular weight excluding hydrogens is 200 g/mol. The second-order valence-electron chi connectivity index (χ2n) is 4.81. The molecule has 0 aromatic heterocycles. The van der Waals surface area contributed by atoms with Gasteiger partial charge in [-0.3, -0.25) is 0 Å². The van der Waals surface area contributed by atoms with Crippen molar-refractivity contribution in [3.05, 3.63) is 0 Å². The van der Waals surface area contributed by atoms with Crippen LogP contribution in [-0.2, 0) is 4.74 Å². The summed E-state index contributed by atoms with van der Waals surface area (Å²) < 4.78 is 5.02. The molecule has 1 aliphatic heterocycles. The first-order valence-corrected chi connectivity index (χ1v) is 6.78. The Kier molecular flexibility index (Phi) is 7.81. The molecule has 0 aromatic carbocycles. The molecule has 1 fully saturated rings. The van der Waals surface area contributed by atoms with Crippen molar-refractivity contribution in [1.29, 1.82) is 0 Å². The lowest BCUT2D eigenvalue weighted by molar-refractivity contribution is 0.170. The van der Waals surface area contributed by atoms with E-state index in [1.54, 1.807) is 7.11 Å². The van der Waals surface area contributed by atoms with E-state index in [1.807, 2.05) is 0 Å². The van der Waals surface area contributed by atoms with Gasteiger partial charge >= 0.3 is 0 Å². The lowest BCUT2D eigenvalue weighted by Crippen LogP contribution is -2.39. The number of piperidine rings is 1. The zero-order valence-corrected chi connectivity index (χ0v) is 11.0. The van der Waals surface area contributed by atoms with Crippen molar-refractivity contribution in [2.24, 2.45) is 5.92 Å². The Labute approximate surface area is 101 Å². The average Bonchev–Trinajstić information content (AvgIpc) is 2.34. The molecule has 1 aliphatic rings. The number of ether oxygens (including phenoxy) is 1. The van der Waals surface area contributed by atoms with Crippen LogP contribution in [0.3, 0.4) is 0 Å². The fourth-order valence-corrected chi connectivity index (χ4v) is 2.39. The summed E-state index contributed by atoms with van der Waals surface area (Å²) in [5.74, 6) is 0.947. The van der Waals surface area contributed by atoms with Gasteiger partial charge in [0.25, 0.3) is 0 Å². The number of hydrogen-bond donors (Lipinski definition) is 1. The molecule has 1 atom stereocenters. The predicted octanol–water partition coefficient (Wildman–Crippen LogP) is 1.73. The van der Waals surface area contributed by atoms with E-state index in [-0.39, 0.29) is 0 Å². The summed E-state index contributed by atoms with van der Waals surface area (Å²) >= 11 is 0. The first-order chi connectivity index (χ1) is 7.86. The molecule has 3 heteroatoms. The van der Waals surface area contributed by atoms with Crippen molar-refractivity contribution >= 4 is 0 Å². The maximum absolute atomic E-state index is 5.02. The maximum Gasteiger partial charge on any atom is 0.0474 e. The van der Waals surface area contributed by atoms with Crippen molar-refractivity contribution in [1.82, 2.24) is 10.2 Å². The molecule has 0 aromatic rings. The SMILES string of the molecule is CCC1CCCN(CCNCCCOC)C1. The lowest BCUT2D eigenvalue weighted by atomic mass is 9.96. The van der Waals surface area contributed by atoms with Crippen molar-refractivity contribution in [2.75, 3.05) is 46.4 Å². The van der Waals surface area contributed by atoms with Gasteiger partial charge in [0.05, 0.1) is 0 Å². The first kappa shape index (κ1) is 13.9. The van der Waals surface area contributed by atoms with E-state index < -0.39 is 0 Å². The van der Waals surface area contributed by atoms with Crippen molar-refractivity contribution in [3.63, 3.8) is 0 Å². The van der Waals surface area contributed by atoms with Gasteiger partial charge in [-0.15, -0.1) is 0 Å². The van der Waals surface area contributed by atoms with Crippen LogP contribution < -0.4 is 5.32 Å². The van der Waals surface area contributed by atoms with Gasteiger partial charge in [0.2, 0.25) is 0 Å². The van der Waals surface area contributed by atoms with E-state index in [4.69, 9.17) is 4.74 Å². The highest BCUT2D eigenvalue weighted by molar-refractivity contribution is 4.72. The molecule has 0 aliphatic carbocycles. The second kappa shape index (κ2) is 8.97. The van der Waals surface area contributed by atoms with Gasteiger partial charge in [-0.1, -0.05) is 13.3 Å². The van der Waals surface area contributed by atoms with Crippen LogP contribution in [0, 0.1) is 5.92 Å². The Hall–Kier alpha value is -0.120. The zero-order valence-electron chi connectivity index (χ0n) is 11.0. The lowest BCUT2D eigenvalue weighted by Gasteiger charge is -2.32. The third-order valence-electron chi connectivity index (χ3n) is 3.49. The molecule has 1 heterocycles. The van der Waals surface area contributed by atoms with Crippen molar-refractivity contribution in [2.45, 2.75) is 32.6 Å². The van der Waals surface area contributed by atoms with Gasteiger partial charge < -0.3 is 15.0 Å². The molecule has 1 unspecified atom stereocenters. The highest BCUT2D eigenvalue weighted by Gasteiger charge is 2.17. The molecule has 1 N–H and O–H groups in total. The monoisotopic (exact) mass is 228 g/mol. The Balaban J connectivity index is 1.95. The fraction of sp³-hybridized carbons (Fsp3) is 1.00. The molecule has 1 rings (SSSR count). The molecule has 0 saturated carbocycles. The summed E-state index contributed by atoms with van der Waals surface area (Å²) in [6.45, 7) is 9.22. The first-order valence-electron chi connectivity index (χ1n) is 6.78. The number of hydrogen-bond acceptors (Lipinski definition) is 3. The topological polar surface area (TPSA) is 24.5 Å². The number of nitrogens with zero attached hydrogens (tertiary/aromatic N) is 1. The number of methoxy groups -OCH3 is 1. The molecule has 1 saturated heterocycles. The second-order valence-corrected chi connectivity index (χ2v) is 4.81. The minimum Gasteiger partial charge on any atom is -0.385 e. The average molecular weight is 228 g/mol. The molecule has 0 amide bonds. The van der Waals surface area contributed by atoms with Gasteiger partial charge in [-0.05, 0) is 38.3 Å². The smallest absolute Gasteiger partial charge is 0.0474 e. The largest absolute Gasteiger partial charge is 0.385 e. The maximum atomic E-state index is 5.02. The molecule has 0 bridgehead atoms. The Morgan fingerprint density at radius 1 is 1.38 bits per heavy atom. The summed E-state index contributed by atoms with van der Waals surface area (Å²) in [6.07, 6.45) is 5.29. The van der Waals surface area contributed by atoms with E-state index in [9.17, 15) is 0 Å². The van der Waals surface area contributed by atoms with Crippen LogP contribution in [0.1, 0.15) is 32.6 Å². The van der Waals surface area contributed by atoms with Gasteiger partial charge in [0, 0.05) is 33.4 Å². The summed E-state index contributed by atoms with van der Waals surface area (Å²) in [6, 6.07) is 0. The minimum absolute atomic E-state index is 0.870. The van der Waals surface area contributed by atoms with E-state index in [1.165, 1.54) is 38.9 Å².